The summed E-state index contributed by atoms with van der Waals surface area (Å²) in [5.74, 6) is 0.856. The fraction of sp³-hybridized carbons (Fsp3) is 0.304. The highest BCUT2D eigenvalue weighted by Crippen LogP contribution is 2.28. The van der Waals surface area contributed by atoms with E-state index in [0.717, 1.165) is 33.2 Å². The van der Waals surface area contributed by atoms with Crippen LogP contribution < -0.4 is 0 Å². The molecular formula is C23H22N4O4. The zero-order valence-corrected chi connectivity index (χ0v) is 17.4. The molecule has 0 spiro atoms. The molecule has 4 heterocycles. The molecule has 0 radical (unpaired) electrons. The molecular weight excluding hydrogens is 396 g/mol. The summed E-state index contributed by atoms with van der Waals surface area (Å²) >= 11 is 0. The van der Waals surface area contributed by atoms with Crippen molar-refractivity contribution in [1.29, 1.82) is 0 Å². The number of furan rings is 1. The van der Waals surface area contributed by atoms with Crippen LogP contribution in [0.15, 0.2) is 51.9 Å². The zero-order chi connectivity index (χ0) is 21.4. The lowest BCUT2D eigenvalue weighted by atomic mass is 10.0. The number of hydrogen-bond donors (Lipinski definition) is 0. The number of amides is 1. The lowest BCUT2D eigenvalue weighted by Gasteiger charge is -2.31. The largest absolute Gasteiger partial charge is 0.464 e. The molecule has 1 atom stereocenters. The van der Waals surface area contributed by atoms with E-state index in [9.17, 15) is 4.79 Å². The Bertz CT molecular complexity index is 1230. The predicted octanol–water partition coefficient (Wildman–Crippen LogP) is 3.64. The summed E-state index contributed by atoms with van der Waals surface area (Å²) < 4.78 is 16.9. The third-order valence-corrected chi connectivity index (χ3v) is 5.51. The Hall–Kier alpha value is -3.52. The van der Waals surface area contributed by atoms with Crippen LogP contribution in [0.25, 0.3) is 22.4 Å². The van der Waals surface area contributed by atoms with Crippen LogP contribution >= 0.6 is 0 Å². The minimum atomic E-state index is -0.453. The van der Waals surface area contributed by atoms with Gasteiger partial charge in [-0.25, -0.2) is 0 Å². The molecule has 0 saturated carbocycles. The molecule has 0 aliphatic carbocycles. The van der Waals surface area contributed by atoms with E-state index < -0.39 is 6.10 Å². The van der Waals surface area contributed by atoms with Crippen LogP contribution in [0.2, 0.25) is 0 Å². The number of benzene rings is 1. The average Bonchev–Trinajstić information content (AvgIpc) is 3.42. The van der Waals surface area contributed by atoms with Crippen molar-refractivity contribution in [2.45, 2.75) is 26.4 Å². The first-order valence-corrected chi connectivity index (χ1v) is 10.2. The van der Waals surface area contributed by atoms with E-state index in [1.165, 1.54) is 0 Å². The van der Waals surface area contributed by atoms with Crippen molar-refractivity contribution in [1.82, 2.24) is 20.0 Å². The fourth-order valence-electron chi connectivity index (χ4n) is 4.04. The first-order chi connectivity index (χ1) is 15.1. The highest BCUT2D eigenvalue weighted by Gasteiger charge is 2.30. The van der Waals surface area contributed by atoms with Gasteiger partial charge in [0.25, 0.3) is 5.89 Å². The number of nitrogens with zero attached hydrogens (tertiary/aromatic N) is 4. The van der Waals surface area contributed by atoms with E-state index in [1.54, 1.807) is 23.6 Å². The summed E-state index contributed by atoms with van der Waals surface area (Å²) in [6, 6.07) is 7.72. The molecule has 1 aliphatic heterocycles. The number of ether oxygens (including phenoxy) is 1. The van der Waals surface area contributed by atoms with E-state index >= 15 is 0 Å². The maximum atomic E-state index is 13.0. The van der Waals surface area contributed by atoms with Crippen LogP contribution in [0.3, 0.4) is 0 Å². The number of morpholine rings is 1. The molecule has 0 N–H and O–H groups in total. The van der Waals surface area contributed by atoms with Crippen molar-refractivity contribution in [2.24, 2.45) is 0 Å². The molecule has 158 valence electrons. The van der Waals surface area contributed by atoms with E-state index in [4.69, 9.17) is 13.7 Å². The minimum Gasteiger partial charge on any atom is -0.464 e. The number of fused-ring (bicyclic) bond motifs is 1. The van der Waals surface area contributed by atoms with Gasteiger partial charge in [-0.05, 0) is 43.2 Å². The van der Waals surface area contributed by atoms with Gasteiger partial charge in [0.2, 0.25) is 11.7 Å². The van der Waals surface area contributed by atoms with Gasteiger partial charge in [-0.1, -0.05) is 11.2 Å². The molecule has 4 aromatic rings. The summed E-state index contributed by atoms with van der Waals surface area (Å²) in [7, 11) is 0. The lowest BCUT2D eigenvalue weighted by Crippen LogP contribution is -2.43. The molecule has 1 saturated heterocycles. The Morgan fingerprint density at radius 1 is 1.23 bits per heavy atom. The maximum Gasteiger partial charge on any atom is 0.257 e. The fourth-order valence-corrected chi connectivity index (χ4v) is 4.04. The number of pyridine rings is 1. The van der Waals surface area contributed by atoms with Gasteiger partial charge in [-0.2, -0.15) is 4.98 Å². The molecule has 1 aromatic carbocycles. The monoisotopic (exact) mass is 418 g/mol. The van der Waals surface area contributed by atoms with Gasteiger partial charge in [-0.15, -0.1) is 0 Å². The van der Waals surface area contributed by atoms with Crippen LogP contribution in [0.1, 0.15) is 28.7 Å². The molecule has 31 heavy (non-hydrogen) atoms. The first kappa shape index (κ1) is 19.4. The number of aromatic nitrogens is 3. The maximum absolute atomic E-state index is 13.0. The van der Waals surface area contributed by atoms with Crippen LogP contribution in [-0.4, -0.2) is 45.6 Å². The van der Waals surface area contributed by atoms with Crippen LogP contribution in [0, 0.1) is 13.8 Å². The quantitative estimate of drug-likeness (QED) is 0.499. The first-order valence-electron chi connectivity index (χ1n) is 10.2. The molecule has 5 rings (SSSR count). The predicted molar refractivity (Wildman–Crippen MR) is 112 cm³/mol. The van der Waals surface area contributed by atoms with Crippen molar-refractivity contribution in [3.63, 3.8) is 0 Å². The molecule has 8 heteroatoms. The Balaban J connectivity index is 1.31. The number of hydrogen-bond acceptors (Lipinski definition) is 7. The van der Waals surface area contributed by atoms with Gasteiger partial charge in [-0.3, -0.25) is 9.78 Å². The Morgan fingerprint density at radius 3 is 2.90 bits per heavy atom. The summed E-state index contributed by atoms with van der Waals surface area (Å²) in [6.07, 6.45) is 4.85. The van der Waals surface area contributed by atoms with Gasteiger partial charge in [0.1, 0.15) is 5.58 Å². The second kappa shape index (κ2) is 7.96. The minimum absolute atomic E-state index is 0.0184. The van der Waals surface area contributed by atoms with E-state index in [-0.39, 0.29) is 12.3 Å². The van der Waals surface area contributed by atoms with Gasteiger partial charge >= 0.3 is 0 Å². The van der Waals surface area contributed by atoms with Crippen molar-refractivity contribution < 1.29 is 18.5 Å². The van der Waals surface area contributed by atoms with Crippen molar-refractivity contribution >= 4 is 16.9 Å². The molecule has 0 unspecified atom stereocenters. The van der Waals surface area contributed by atoms with E-state index in [2.05, 4.69) is 21.2 Å². The highest BCUT2D eigenvalue weighted by molar-refractivity contribution is 5.90. The van der Waals surface area contributed by atoms with Crippen LogP contribution in [-0.2, 0) is 16.0 Å². The van der Waals surface area contributed by atoms with E-state index in [0.29, 0.717) is 31.4 Å². The Morgan fingerprint density at radius 2 is 2.06 bits per heavy atom. The zero-order valence-electron chi connectivity index (χ0n) is 17.4. The Kier molecular flexibility index (Phi) is 4.99. The average molecular weight is 418 g/mol. The molecule has 0 bridgehead atoms. The lowest BCUT2D eigenvalue weighted by molar-refractivity contribution is -0.139. The third-order valence-electron chi connectivity index (χ3n) is 5.51. The second-order valence-electron chi connectivity index (χ2n) is 7.78. The smallest absolute Gasteiger partial charge is 0.257 e. The van der Waals surface area contributed by atoms with Gasteiger partial charge < -0.3 is 18.6 Å². The molecule has 1 amide bonds. The van der Waals surface area contributed by atoms with Crippen molar-refractivity contribution in [2.75, 3.05) is 19.7 Å². The van der Waals surface area contributed by atoms with Crippen LogP contribution in [0.4, 0.5) is 0 Å². The SMILES string of the molecule is Cc1cc(C)c2c(CC(=O)N3CCO[C@@H](c4nc(-c5ccncc5)no4)C3)coc2c1. The van der Waals surface area contributed by atoms with Gasteiger partial charge in [0.15, 0.2) is 6.10 Å². The summed E-state index contributed by atoms with van der Waals surface area (Å²) in [4.78, 5) is 23.3. The number of carbonyl (C=O) groups excluding carboxylic acids is 1. The summed E-state index contributed by atoms with van der Waals surface area (Å²) in [5.41, 5.74) is 4.78. The number of aryl methyl sites for hydroxylation is 2. The topological polar surface area (TPSA) is 94.5 Å². The molecule has 1 aliphatic rings. The number of rotatable bonds is 4. The summed E-state index contributed by atoms with van der Waals surface area (Å²) in [5, 5.41) is 5.05. The van der Waals surface area contributed by atoms with Gasteiger partial charge in [0.05, 0.1) is 25.8 Å². The van der Waals surface area contributed by atoms with Crippen LogP contribution in [0.5, 0.6) is 0 Å². The number of carbonyl (C=O) groups is 1. The summed E-state index contributed by atoms with van der Waals surface area (Å²) in [6.45, 7) is 5.37. The molecule has 1 fully saturated rings. The Labute approximate surface area is 178 Å². The molecule has 3 aromatic heterocycles. The second-order valence-corrected chi connectivity index (χ2v) is 7.78. The third kappa shape index (κ3) is 3.82. The van der Waals surface area contributed by atoms with Crippen molar-refractivity contribution in [3.05, 3.63) is 65.5 Å². The standard InChI is InChI=1S/C23H22N4O4/c1-14-9-15(2)21-17(13-30-18(21)10-14)11-20(28)27-7-8-29-19(12-27)23-25-22(26-31-23)16-3-5-24-6-4-16/h3-6,9-10,13,19H,7-8,11-12H2,1-2H3/t19-/m1/s1. The normalized spacial score (nSPS) is 16.7. The molecule has 8 nitrogen and oxygen atoms in total. The van der Waals surface area contributed by atoms with Gasteiger partial charge in [0, 0.05) is 35.5 Å². The van der Waals surface area contributed by atoms with Crippen molar-refractivity contribution in [3.8, 4) is 11.4 Å². The highest BCUT2D eigenvalue weighted by atomic mass is 16.5. The van der Waals surface area contributed by atoms with E-state index in [1.807, 2.05) is 32.0 Å².